The quantitative estimate of drug-likeness (QED) is 0.780. The zero-order chi connectivity index (χ0) is 12.8. The number of piperidine rings is 1. The molecule has 2 nitrogen and oxygen atoms in total. The predicted molar refractivity (Wildman–Crippen MR) is 78.9 cm³/mol. The van der Waals surface area contributed by atoms with Crippen LogP contribution in [0.4, 0.5) is 0 Å². The van der Waals surface area contributed by atoms with Crippen molar-refractivity contribution < 1.29 is 0 Å². The van der Waals surface area contributed by atoms with Crippen molar-refractivity contribution in [1.82, 2.24) is 10.2 Å². The Morgan fingerprint density at radius 2 is 1.78 bits per heavy atom. The topological polar surface area (TPSA) is 15.3 Å². The molecule has 106 valence electrons. The second kappa shape index (κ2) is 7.49. The third kappa shape index (κ3) is 4.24. The van der Waals surface area contributed by atoms with Gasteiger partial charge in [0, 0.05) is 12.6 Å². The monoisotopic (exact) mass is 252 g/mol. The van der Waals surface area contributed by atoms with E-state index in [9.17, 15) is 0 Å². The lowest BCUT2D eigenvalue weighted by Gasteiger charge is -2.36. The lowest BCUT2D eigenvalue weighted by Crippen LogP contribution is -2.43. The molecule has 1 aliphatic carbocycles. The van der Waals surface area contributed by atoms with Crippen LogP contribution in [0.3, 0.4) is 0 Å². The molecule has 1 aliphatic heterocycles. The Morgan fingerprint density at radius 3 is 2.39 bits per heavy atom. The maximum absolute atomic E-state index is 3.67. The van der Waals surface area contributed by atoms with E-state index in [2.05, 4.69) is 24.1 Å². The van der Waals surface area contributed by atoms with Crippen molar-refractivity contribution in [3.8, 4) is 0 Å². The molecular weight excluding hydrogens is 220 g/mol. The fraction of sp³-hybridized carbons (Fsp3) is 1.00. The van der Waals surface area contributed by atoms with E-state index >= 15 is 0 Å². The van der Waals surface area contributed by atoms with Gasteiger partial charge in [-0.1, -0.05) is 19.8 Å². The van der Waals surface area contributed by atoms with Crippen LogP contribution in [-0.2, 0) is 0 Å². The largest absolute Gasteiger partial charge is 0.314 e. The number of likely N-dealkylation sites (tertiary alicyclic amines) is 1. The molecule has 2 aliphatic rings. The molecule has 0 aromatic rings. The van der Waals surface area contributed by atoms with Crippen LogP contribution in [0.5, 0.6) is 0 Å². The van der Waals surface area contributed by atoms with E-state index in [0.29, 0.717) is 0 Å². The molecule has 1 saturated carbocycles. The number of hydrogen-bond acceptors (Lipinski definition) is 2. The van der Waals surface area contributed by atoms with Gasteiger partial charge in [0.15, 0.2) is 0 Å². The molecule has 2 rings (SSSR count). The lowest BCUT2D eigenvalue weighted by molar-refractivity contribution is 0.144. The van der Waals surface area contributed by atoms with E-state index in [1.54, 1.807) is 0 Å². The SMILES string of the molecule is CCCNC(C)C1CCN(CC2CCCC2)CC1. The summed E-state index contributed by atoms with van der Waals surface area (Å²) < 4.78 is 0. The van der Waals surface area contributed by atoms with Crippen molar-refractivity contribution in [3.05, 3.63) is 0 Å². The van der Waals surface area contributed by atoms with E-state index < -0.39 is 0 Å². The van der Waals surface area contributed by atoms with Crippen LogP contribution in [0.15, 0.2) is 0 Å². The first-order chi connectivity index (χ1) is 8.79. The van der Waals surface area contributed by atoms with Gasteiger partial charge in [-0.05, 0) is 70.5 Å². The Morgan fingerprint density at radius 1 is 1.11 bits per heavy atom. The van der Waals surface area contributed by atoms with Crippen LogP contribution in [0.2, 0.25) is 0 Å². The first-order valence-corrected chi connectivity index (χ1v) is 8.25. The highest BCUT2D eigenvalue weighted by atomic mass is 15.1. The van der Waals surface area contributed by atoms with Crippen molar-refractivity contribution in [2.75, 3.05) is 26.2 Å². The standard InChI is InChI=1S/C16H32N2/c1-3-10-17-14(2)16-8-11-18(12-9-16)13-15-6-4-5-7-15/h14-17H,3-13H2,1-2H3. The highest BCUT2D eigenvalue weighted by Crippen LogP contribution is 2.28. The summed E-state index contributed by atoms with van der Waals surface area (Å²) in [5, 5.41) is 3.67. The second-order valence-electron chi connectivity index (χ2n) is 6.53. The molecule has 1 saturated heterocycles. The molecule has 18 heavy (non-hydrogen) atoms. The number of nitrogens with one attached hydrogen (secondary N) is 1. The van der Waals surface area contributed by atoms with Gasteiger partial charge in [-0.15, -0.1) is 0 Å². The van der Waals surface area contributed by atoms with Gasteiger partial charge in [0.2, 0.25) is 0 Å². The average Bonchev–Trinajstić information content (AvgIpc) is 2.89. The number of hydrogen-bond donors (Lipinski definition) is 1. The van der Waals surface area contributed by atoms with Gasteiger partial charge in [-0.2, -0.15) is 0 Å². The number of rotatable bonds is 6. The van der Waals surface area contributed by atoms with E-state index in [0.717, 1.165) is 17.9 Å². The summed E-state index contributed by atoms with van der Waals surface area (Å²) in [4.78, 5) is 2.74. The highest BCUT2D eigenvalue weighted by Gasteiger charge is 2.25. The van der Waals surface area contributed by atoms with Crippen LogP contribution < -0.4 is 5.32 Å². The molecule has 0 radical (unpaired) electrons. The summed E-state index contributed by atoms with van der Waals surface area (Å²) in [6.45, 7) is 9.91. The van der Waals surface area contributed by atoms with Crippen molar-refractivity contribution in [3.63, 3.8) is 0 Å². The van der Waals surface area contributed by atoms with Gasteiger partial charge in [0.1, 0.15) is 0 Å². The van der Waals surface area contributed by atoms with Crippen molar-refractivity contribution in [1.29, 1.82) is 0 Å². The van der Waals surface area contributed by atoms with Crippen molar-refractivity contribution in [2.45, 2.75) is 64.8 Å². The van der Waals surface area contributed by atoms with Crippen LogP contribution >= 0.6 is 0 Å². The fourth-order valence-electron chi connectivity index (χ4n) is 3.73. The van der Waals surface area contributed by atoms with Gasteiger partial charge in [-0.25, -0.2) is 0 Å². The summed E-state index contributed by atoms with van der Waals surface area (Å²) in [6, 6.07) is 0.721. The Bertz CT molecular complexity index is 215. The van der Waals surface area contributed by atoms with Gasteiger partial charge in [-0.3, -0.25) is 0 Å². The zero-order valence-corrected chi connectivity index (χ0v) is 12.5. The fourth-order valence-corrected chi connectivity index (χ4v) is 3.73. The zero-order valence-electron chi connectivity index (χ0n) is 12.5. The molecule has 0 spiro atoms. The molecule has 2 fully saturated rings. The Kier molecular flexibility index (Phi) is 5.97. The Balaban J connectivity index is 1.64. The van der Waals surface area contributed by atoms with Gasteiger partial charge < -0.3 is 10.2 Å². The first-order valence-electron chi connectivity index (χ1n) is 8.25. The molecule has 0 amide bonds. The third-order valence-corrected chi connectivity index (χ3v) is 5.05. The van der Waals surface area contributed by atoms with Crippen LogP contribution in [0.25, 0.3) is 0 Å². The first kappa shape index (κ1) is 14.3. The van der Waals surface area contributed by atoms with Crippen LogP contribution in [0, 0.1) is 11.8 Å². The minimum Gasteiger partial charge on any atom is -0.314 e. The van der Waals surface area contributed by atoms with Crippen LogP contribution in [-0.4, -0.2) is 37.1 Å². The van der Waals surface area contributed by atoms with Crippen molar-refractivity contribution >= 4 is 0 Å². The average molecular weight is 252 g/mol. The molecule has 1 heterocycles. The molecule has 0 bridgehead atoms. The minimum absolute atomic E-state index is 0.721. The normalized spacial score (nSPS) is 25.7. The maximum Gasteiger partial charge on any atom is 0.00679 e. The van der Waals surface area contributed by atoms with Gasteiger partial charge in [0.25, 0.3) is 0 Å². The lowest BCUT2D eigenvalue weighted by atomic mass is 9.89. The Hall–Kier alpha value is -0.0800. The molecular formula is C16H32N2. The molecule has 0 aromatic carbocycles. The highest BCUT2D eigenvalue weighted by molar-refractivity contribution is 4.81. The predicted octanol–water partition coefficient (Wildman–Crippen LogP) is 3.28. The minimum atomic E-state index is 0.721. The second-order valence-corrected chi connectivity index (χ2v) is 6.53. The van der Waals surface area contributed by atoms with E-state index in [1.807, 2.05) is 0 Å². The third-order valence-electron chi connectivity index (χ3n) is 5.05. The molecule has 1 atom stereocenters. The van der Waals surface area contributed by atoms with E-state index in [4.69, 9.17) is 0 Å². The van der Waals surface area contributed by atoms with Gasteiger partial charge >= 0.3 is 0 Å². The summed E-state index contributed by atoms with van der Waals surface area (Å²) in [5.41, 5.74) is 0. The van der Waals surface area contributed by atoms with E-state index in [1.165, 1.54) is 71.1 Å². The van der Waals surface area contributed by atoms with Gasteiger partial charge in [0.05, 0.1) is 0 Å². The maximum atomic E-state index is 3.67. The summed E-state index contributed by atoms with van der Waals surface area (Å²) in [6.07, 6.45) is 10.0. The molecule has 1 unspecified atom stereocenters. The molecule has 2 heteroatoms. The number of nitrogens with zero attached hydrogens (tertiary/aromatic N) is 1. The smallest absolute Gasteiger partial charge is 0.00679 e. The van der Waals surface area contributed by atoms with E-state index in [-0.39, 0.29) is 0 Å². The molecule has 1 N–H and O–H groups in total. The summed E-state index contributed by atoms with van der Waals surface area (Å²) in [7, 11) is 0. The molecule has 0 aromatic heterocycles. The summed E-state index contributed by atoms with van der Waals surface area (Å²) >= 11 is 0. The van der Waals surface area contributed by atoms with Crippen molar-refractivity contribution in [2.24, 2.45) is 11.8 Å². The summed E-state index contributed by atoms with van der Waals surface area (Å²) in [5.74, 6) is 1.94. The Labute approximate surface area is 114 Å². The van der Waals surface area contributed by atoms with Crippen LogP contribution in [0.1, 0.15) is 58.8 Å².